The first-order valence-corrected chi connectivity index (χ1v) is 5.65. The van der Waals surface area contributed by atoms with Gasteiger partial charge in [0.1, 0.15) is 5.75 Å². The van der Waals surface area contributed by atoms with Crippen molar-refractivity contribution in [2.45, 2.75) is 19.3 Å². The maximum absolute atomic E-state index is 10.7. The molecule has 0 aliphatic heterocycles. The second kappa shape index (κ2) is 7.30. The predicted octanol–water partition coefficient (Wildman–Crippen LogP) is 3.29. The first-order valence-electron chi connectivity index (χ1n) is 5.11. The van der Waals surface area contributed by atoms with Gasteiger partial charge in [-0.25, -0.2) is 0 Å². The third-order valence-corrected chi connectivity index (χ3v) is 2.35. The van der Waals surface area contributed by atoms with Crippen LogP contribution in [0, 0.1) is 0 Å². The van der Waals surface area contributed by atoms with Crippen LogP contribution in [0.15, 0.2) is 24.3 Å². The van der Waals surface area contributed by atoms with Gasteiger partial charge in [-0.05, 0) is 31.4 Å². The van der Waals surface area contributed by atoms with Crippen LogP contribution in [0.1, 0.15) is 29.6 Å². The molecule has 82 valence electrons. The molecule has 0 aliphatic carbocycles. The molecule has 0 radical (unpaired) electrons. The van der Waals surface area contributed by atoms with Gasteiger partial charge in [0.15, 0.2) is 6.29 Å². The zero-order valence-electron chi connectivity index (χ0n) is 8.62. The maximum Gasteiger partial charge on any atom is 0.153 e. The molecule has 3 heteroatoms. The van der Waals surface area contributed by atoms with Gasteiger partial charge in [0, 0.05) is 5.88 Å². The molecule has 0 bridgehead atoms. The van der Waals surface area contributed by atoms with Crippen LogP contribution in [-0.2, 0) is 0 Å². The molecule has 0 heterocycles. The van der Waals surface area contributed by atoms with Crippen molar-refractivity contribution < 1.29 is 9.53 Å². The summed E-state index contributed by atoms with van der Waals surface area (Å²) in [6.45, 7) is 0.641. The first kappa shape index (κ1) is 12.1. The molecule has 1 aromatic carbocycles. The summed E-state index contributed by atoms with van der Waals surface area (Å²) < 4.78 is 5.50. The topological polar surface area (TPSA) is 26.3 Å². The number of unbranched alkanes of at least 4 members (excludes halogenated alkanes) is 2. The molecule has 2 nitrogen and oxygen atoms in total. The van der Waals surface area contributed by atoms with Gasteiger partial charge >= 0.3 is 0 Å². The summed E-state index contributed by atoms with van der Waals surface area (Å²) in [5.41, 5.74) is 0.606. The minimum Gasteiger partial charge on any atom is -0.493 e. The van der Waals surface area contributed by atoms with Gasteiger partial charge in [-0.15, -0.1) is 11.6 Å². The third kappa shape index (κ3) is 4.34. The fourth-order valence-corrected chi connectivity index (χ4v) is 1.45. The Hall–Kier alpha value is -1.02. The SMILES string of the molecule is O=Cc1ccccc1OCCCCCCl. The number of ether oxygens (including phenoxy) is 1. The minimum absolute atomic E-state index is 0.606. The molecule has 1 aromatic rings. The molecule has 0 N–H and O–H groups in total. The van der Waals surface area contributed by atoms with Crippen molar-refractivity contribution in [2.75, 3.05) is 12.5 Å². The van der Waals surface area contributed by atoms with Crippen LogP contribution in [0.3, 0.4) is 0 Å². The van der Waals surface area contributed by atoms with Crippen molar-refractivity contribution in [2.24, 2.45) is 0 Å². The van der Waals surface area contributed by atoms with Crippen LogP contribution < -0.4 is 4.74 Å². The Kier molecular flexibility index (Phi) is 5.86. The number of rotatable bonds is 7. The highest BCUT2D eigenvalue weighted by Crippen LogP contribution is 2.15. The fourth-order valence-electron chi connectivity index (χ4n) is 1.26. The second-order valence-electron chi connectivity index (χ2n) is 3.25. The van der Waals surface area contributed by atoms with Gasteiger partial charge < -0.3 is 4.74 Å². The number of carbonyl (C=O) groups is 1. The third-order valence-electron chi connectivity index (χ3n) is 2.08. The lowest BCUT2D eigenvalue weighted by Gasteiger charge is -2.07. The van der Waals surface area contributed by atoms with Crippen LogP contribution in [0.2, 0.25) is 0 Å². The smallest absolute Gasteiger partial charge is 0.153 e. The van der Waals surface area contributed by atoms with Crippen molar-refractivity contribution >= 4 is 17.9 Å². The lowest BCUT2D eigenvalue weighted by atomic mass is 10.2. The van der Waals surface area contributed by atoms with Crippen LogP contribution >= 0.6 is 11.6 Å². The molecule has 0 unspecified atom stereocenters. The maximum atomic E-state index is 10.7. The van der Waals surface area contributed by atoms with E-state index in [2.05, 4.69) is 0 Å². The van der Waals surface area contributed by atoms with Gasteiger partial charge in [-0.2, -0.15) is 0 Å². The van der Waals surface area contributed by atoms with E-state index in [-0.39, 0.29) is 0 Å². The van der Waals surface area contributed by atoms with E-state index in [1.165, 1.54) is 0 Å². The van der Waals surface area contributed by atoms with Crippen molar-refractivity contribution in [3.8, 4) is 5.75 Å². The van der Waals surface area contributed by atoms with Gasteiger partial charge in [-0.3, -0.25) is 4.79 Å². The van der Waals surface area contributed by atoms with E-state index in [1.807, 2.05) is 18.2 Å². The Morgan fingerprint density at radius 2 is 2.00 bits per heavy atom. The normalized spacial score (nSPS) is 9.93. The van der Waals surface area contributed by atoms with E-state index < -0.39 is 0 Å². The highest BCUT2D eigenvalue weighted by atomic mass is 35.5. The summed E-state index contributed by atoms with van der Waals surface area (Å²) in [7, 11) is 0. The van der Waals surface area contributed by atoms with Crippen molar-refractivity contribution in [1.82, 2.24) is 0 Å². The van der Waals surface area contributed by atoms with E-state index in [4.69, 9.17) is 16.3 Å². The van der Waals surface area contributed by atoms with Gasteiger partial charge in [0.25, 0.3) is 0 Å². The van der Waals surface area contributed by atoms with Gasteiger partial charge in [0.05, 0.1) is 12.2 Å². The first-order chi connectivity index (χ1) is 7.38. The molecule has 0 aromatic heterocycles. The Morgan fingerprint density at radius 3 is 2.73 bits per heavy atom. The average molecular weight is 227 g/mol. The number of carbonyl (C=O) groups excluding carboxylic acids is 1. The average Bonchev–Trinajstić information content (AvgIpc) is 2.29. The van der Waals surface area contributed by atoms with E-state index in [0.717, 1.165) is 25.5 Å². The van der Waals surface area contributed by atoms with Gasteiger partial charge in [0.2, 0.25) is 0 Å². The molecule has 15 heavy (non-hydrogen) atoms. The van der Waals surface area contributed by atoms with Crippen molar-refractivity contribution in [3.05, 3.63) is 29.8 Å². The van der Waals surface area contributed by atoms with Crippen LogP contribution in [0.5, 0.6) is 5.75 Å². The molecule has 0 saturated heterocycles. The lowest BCUT2D eigenvalue weighted by molar-refractivity contribution is 0.111. The van der Waals surface area contributed by atoms with E-state index in [0.29, 0.717) is 23.8 Å². The second-order valence-corrected chi connectivity index (χ2v) is 3.63. The van der Waals surface area contributed by atoms with E-state index >= 15 is 0 Å². The number of hydrogen-bond acceptors (Lipinski definition) is 2. The zero-order chi connectivity index (χ0) is 10.9. The fraction of sp³-hybridized carbons (Fsp3) is 0.417. The van der Waals surface area contributed by atoms with Crippen molar-refractivity contribution in [3.63, 3.8) is 0 Å². The highest BCUT2D eigenvalue weighted by molar-refractivity contribution is 6.17. The van der Waals surface area contributed by atoms with Gasteiger partial charge in [-0.1, -0.05) is 12.1 Å². The number of aldehydes is 1. The number of hydrogen-bond donors (Lipinski definition) is 0. The van der Waals surface area contributed by atoms with Crippen LogP contribution in [0.25, 0.3) is 0 Å². The van der Waals surface area contributed by atoms with Crippen LogP contribution in [0.4, 0.5) is 0 Å². The molecule has 1 rings (SSSR count). The molecule has 0 fully saturated rings. The molecular formula is C12H15ClO2. The number of benzene rings is 1. The summed E-state index contributed by atoms with van der Waals surface area (Å²) in [6.07, 6.45) is 3.86. The molecule has 0 saturated carbocycles. The minimum atomic E-state index is 0.606. The lowest BCUT2D eigenvalue weighted by Crippen LogP contribution is -1.99. The van der Waals surface area contributed by atoms with Crippen LogP contribution in [-0.4, -0.2) is 18.8 Å². The summed E-state index contributed by atoms with van der Waals surface area (Å²) >= 11 is 5.56. The molecule has 0 amide bonds. The summed E-state index contributed by atoms with van der Waals surface area (Å²) in [6, 6.07) is 7.25. The Morgan fingerprint density at radius 1 is 1.20 bits per heavy atom. The molecule has 0 atom stereocenters. The monoisotopic (exact) mass is 226 g/mol. The quantitative estimate of drug-likeness (QED) is 0.405. The largest absolute Gasteiger partial charge is 0.493 e. The zero-order valence-corrected chi connectivity index (χ0v) is 9.37. The standard InChI is InChI=1S/C12H15ClO2/c13-8-4-1-5-9-15-12-7-3-2-6-11(12)10-14/h2-3,6-7,10H,1,4-5,8-9H2. The number of alkyl halides is 1. The highest BCUT2D eigenvalue weighted by Gasteiger charge is 2.00. The molecule has 0 aliphatic rings. The van der Waals surface area contributed by atoms with Crippen molar-refractivity contribution in [1.29, 1.82) is 0 Å². The summed E-state index contributed by atoms with van der Waals surface area (Å²) in [5.74, 6) is 1.36. The molecule has 0 spiro atoms. The summed E-state index contributed by atoms with van der Waals surface area (Å²) in [4.78, 5) is 10.7. The summed E-state index contributed by atoms with van der Waals surface area (Å²) in [5, 5.41) is 0. The number of para-hydroxylation sites is 1. The molecular weight excluding hydrogens is 212 g/mol. The Bertz CT molecular complexity index is 299. The predicted molar refractivity (Wildman–Crippen MR) is 61.9 cm³/mol. The number of halogens is 1. The van der Waals surface area contributed by atoms with E-state index in [9.17, 15) is 4.79 Å². The Labute approximate surface area is 95.2 Å². The van der Waals surface area contributed by atoms with E-state index in [1.54, 1.807) is 6.07 Å². The Balaban J connectivity index is 2.33.